The summed E-state index contributed by atoms with van der Waals surface area (Å²) in [7, 11) is 1.32. The quantitative estimate of drug-likeness (QED) is 0.351. The molecular weight excluding hydrogens is 565 g/mol. The second-order valence-corrected chi connectivity index (χ2v) is 12.3. The van der Waals surface area contributed by atoms with E-state index < -0.39 is 47.8 Å². The van der Waals surface area contributed by atoms with Gasteiger partial charge < -0.3 is 19.5 Å². The summed E-state index contributed by atoms with van der Waals surface area (Å²) in [6.45, 7) is 4.97. The average molecular weight is 605 g/mol. The number of carboxylic acid groups (broad SMARTS) is 1. The zero-order chi connectivity index (χ0) is 31.5. The van der Waals surface area contributed by atoms with Crippen LogP contribution in [0.2, 0.25) is 0 Å². The number of benzene rings is 2. The molecule has 0 aromatic heterocycles. The Bertz CT molecular complexity index is 1350. The fraction of sp³-hybridized carbons (Fsp3) is 0.531. The number of rotatable bonds is 8. The maximum Gasteiger partial charge on any atom is 0.416 e. The molecule has 4 rings (SSSR count). The van der Waals surface area contributed by atoms with Crippen molar-refractivity contribution in [1.82, 2.24) is 4.90 Å². The average Bonchev–Trinajstić information content (AvgIpc) is 3.36. The minimum atomic E-state index is -4.51. The van der Waals surface area contributed by atoms with E-state index in [9.17, 15) is 32.7 Å². The molecule has 2 amide bonds. The van der Waals surface area contributed by atoms with Crippen molar-refractivity contribution in [2.24, 2.45) is 0 Å². The molecule has 8 nitrogen and oxygen atoms in total. The highest BCUT2D eigenvalue weighted by molar-refractivity contribution is 6.01. The third-order valence-corrected chi connectivity index (χ3v) is 7.92. The highest BCUT2D eigenvalue weighted by Gasteiger charge is 2.38. The normalized spacial score (nSPS) is 16.4. The lowest BCUT2D eigenvalue weighted by Crippen LogP contribution is -2.51. The van der Waals surface area contributed by atoms with Crippen LogP contribution in [-0.2, 0) is 33.5 Å². The van der Waals surface area contributed by atoms with Crippen molar-refractivity contribution in [3.8, 4) is 5.75 Å². The number of carbonyl (C=O) groups excluding carboxylic acids is 2. The number of anilines is 1. The van der Waals surface area contributed by atoms with Gasteiger partial charge >= 0.3 is 18.2 Å². The minimum absolute atomic E-state index is 0.0473. The molecule has 11 heteroatoms. The summed E-state index contributed by atoms with van der Waals surface area (Å²) >= 11 is 0. The summed E-state index contributed by atoms with van der Waals surface area (Å²) < 4.78 is 53.1. The number of aliphatic carboxylic acids is 1. The Morgan fingerprint density at radius 3 is 2.37 bits per heavy atom. The third-order valence-electron chi connectivity index (χ3n) is 7.92. The SMILES string of the molecule is CN(C(=O)OC(C)(C)C)C(CC(=O)O)C(=O)N1CCc2cc(OCc3ccc(C4CCCCC4)cc3C(F)(F)F)ccc21. The Morgan fingerprint density at radius 2 is 1.74 bits per heavy atom. The molecule has 234 valence electrons. The summed E-state index contributed by atoms with van der Waals surface area (Å²) in [6.07, 6.45) is -0.542. The number of hydrogen-bond donors (Lipinski definition) is 1. The van der Waals surface area contributed by atoms with E-state index >= 15 is 0 Å². The number of nitrogens with zero attached hydrogens (tertiary/aromatic N) is 2. The van der Waals surface area contributed by atoms with Gasteiger partial charge in [-0.3, -0.25) is 14.5 Å². The van der Waals surface area contributed by atoms with Gasteiger partial charge in [0.2, 0.25) is 0 Å². The van der Waals surface area contributed by atoms with E-state index in [1.165, 1.54) is 24.1 Å². The Kier molecular flexibility index (Phi) is 9.61. The summed E-state index contributed by atoms with van der Waals surface area (Å²) in [5, 5.41) is 9.44. The second-order valence-electron chi connectivity index (χ2n) is 12.3. The number of halogens is 3. The predicted octanol–water partition coefficient (Wildman–Crippen LogP) is 6.93. The van der Waals surface area contributed by atoms with Crippen molar-refractivity contribution in [2.45, 2.75) is 96.1 Å². The number of carbonyl (C=O) groups is 3. The molecule has 0 saturated heterocycles. The molecule has 1 unspecified atom stereocenters. The largest absolute Gasteiger partial charge is 0.489 e. The molecule has 0 radical (unpaired) electrons. The van der Waals surface area contributed by atoms with Crippen LogP contribution < -0.4 is 9.64 Å². The van der Waals surface area contributed by atoms with Crippen LogP contribution in [0.25, 0.3) is 0 Å². The number of amides is 2. The van der Waals surface area contributed by atoms with Crippen LogP contribution >= 0.6 is 0 Å². The zero-order valence-electron chi connectivity index (χ0n) is 25.0. The van der Waals surface area contributed by atoms with E-state index in [2.05, 4.69) is 0 Å². The van der Waals surface area contributed by atoms with Crippen molar-refractivity contribution in [1.29, 1.82) is 0 Å². The van der Waals surface area contributed by atoms with E-state index in [-0.39, 0.29) is 24.6 Å². The van der Waals surface area contributed by atoms with Crippen molar-refractivity contribution < 1.29 is 42.1 Å². The van der Waals surface area contributed by atoms with Gasteiger partial charge in [0.05, 0.1) is 12.0 Å². The van der Waals surface area contributed by atoms with Gasteiger partial charge in [-0.15, -0.1) is 0 Å². The number of likely N-dealkylation sites (N-methyl/N-ethyl adjacent to an activating group) is 1. The number of alkyl halides is 3. The molecule has 2 aromatic rings. The number of fused-ring (bicyclic) bond motifs is 1. The molecule has 1 fully saturated rings. The van der Waals surface area contributed by atoms with Gasteiger partial charge in [-0.05, 0) is 81.3 Å². The first-order valence-electron chi connectivity index (χ1n) is 14.6. The van der Waals surface area contributed by atoms with E-state index in [0.29, 0.717) is 17.9 Å². The van der Waals surface area contributed by atoms with E-state index in [4.69, 9.17) is 9.47 Å². The maximum atomic E-state index is 14.0. The minimum Gasteiger partial charge on any atom is -0.489 e. The molecule has 43 heavy (non-hydrogen) atoms. The lowest BCUT2D eigenvalue weighted by Gasteiger charge is -2.31. The fourth-order valence-corrected chi connectivity index (χ4v) is 5.73. The molecular formula is C32H39F3N2O6. The summed E-state index contributed by atoms with van der Waals surface area (Å²) in [5.41, 5.74) is 0.494. The number of hydrogen-bond acceptors (Lipinski definition) is 5. The third kappa shape index (κ3) is 8.00. The van der Waals surface area contributed by atoms with Crippen molar-refractivity contribution in [3.63, 3.8) is 0 Å². The van der Waals surface area contributed by atoms with Crippen molar-refractivity contribution in [2.75, 3.05) is 18.5 Å². The van der Waals surface area contributed by atoms with Crippen LogP contribution in [0.3, 0.4) is 0 Å². The van der Waals surface area contributed by atoms with Gasteiger partial charge in [-0.1, -0.05) is 31.4 Å². The van der Waals surface area contributed by atoms with Crippen LogP contribution in [0, 0.1) is 0 Å². The molecule has 1 aliphatic heterocycles. The van der Waals surface area contributed by atoms with Gasteiger partial charge in [0.1, 0.15) is 24.0 Å². The topological polar surface area (TPSA) is 96.4 Å². The lowest BCUT2D eigenvalue weighted by atomic mass is 9.83. The second kappa shape index (κ2) is 12.9. The van der Waals surface area contributed by atoms with Gasteiger partial charge in [-0.25, -0.2) is 4.79 Å². The maximum absolute atomic E-state index is 14.0. The van der Waals surface area contributed by atoms with Gasteiger partial charge in [-0.2, -0.15) is 13.2 Å². The molecule has 1 heterocycles. The highest BCUT2D eigenvalue weighted by atomic mass is 19.4. The molecule has 2 aromatic carbocycles. The highest BCUT2D eigenvalue weighted by Crippen LogP contribution is 2.39. The molecule has 0 spiro atoms. The molecule has 2 aliphatic rings. The standard InChI is InChI=1S/C32H39F3N2O6/c1-31(2,3)43-30(41)36(4)27(18-28(38)39)29(40)37-15-14-22-16-24(12-13-26(22)37)42-19-23-11-10-21(17-25(23)32(33,34)35)20-8-6-5-7-9-20/h10-13,16-17,20,27H,5-9,14-15,18-19H2,1-4H3,(H,38,39). The first-order valence-corrected chi connectivity index (χ1v) is 14.6. The van der Waals surface area contributed by atoms with Crippen LogP contribution in [0.1, 0.15) is 87.5 Å². The summed E-state index contributed by atoms with van der Waals surface area (Å²) in [6, 6.07) is 8.11. The predicted molar refractivity (Wildman–Crippen MR) is 154 cm³/mol. The smallest absolute Gasteiger partial charge is 0.416 e. The first kappa shape index (κ1) is 32.2. The molecule has 1 N–H and O–H groups in total. The number of carboxylic acids is 1. The fourth-order valence-electron chi connectivity index (χ4n) is 5.73. The van der Waals surface area contributed by atoms with E-state index in [1.54, 1.807) is 45.0 Å². The van der Waals surface area contributed by atoms with Crippen molar-refractivity contribution >= 4 is 23.7 Å². The van der Waals surface area contributed by atoms with Crippen LogP contribution in [0.15, 0.2) is 36.4 Å². The molecule has 1 saturated carbocycles. The van der Waals surface area contributed by atoms with Crippen LogP contribution in [0.5, 0.6) is 5.75 Å². The molecule has 1 atom stereocenters. The zero-order valence-corrected chi connectivity index (χ0v) is 25.0. The number of ether oxygens (including phenoxy) is 2. The van der Waals surface area contributed by atoms with Gasteiger partial charge in [0.15, 0.2) is 0 Å². The van der Waals surface area contributed by atoms with E-state index in [0.717, 1.165) is 48.1 Å². The Hall–Kier alpha value is -3.76. The Morgan fingerprint density at radius 1 is 1.05 bits per heavy atom. The monoisotopic (exact) mass is 604 g/mol. The summed E-state index contributed by atoms with van der Waals surface area (Å²) in [5.74, 6) is -1.32. The van der Waals surface area contributed by atoms with Gasteiger partial charge in [0.25, 0.3) is 5.91 Å². The van der Waals surface area contributed by atoms with E-state index in [1.807, 2.05) is 0 Å². The van der Waals surface area contributed by atoms with Gasteiger partial charge in [0, 0.05) is 24.8 Å². The van der Waals surface area contributed by atoms with Crippen LogP contribution in [0.4, 0.5) is 23.7 Å². The van der Waals surface area contributed by atoms with Crippen molar-refractivity contribution in [3.05, 3.63) is 58.7 Å². The Balaban J connectivity index is 1.49. The molecule has 1 aliphatic carbocycles. The van der Waals surface area contributed by atoms with Crippen LogP contribution in [-0.4, -0.2) is 53.2 Å². The first-order chi connectivity index (χ1) is 20.1. The molecule has 0 bridgehead atoms. The Labute approximate surface area is 249 Å². The summed E-state index contributed by atoms with van der Waals surface area (Å²) in [4.78, 5) is 40.1. The lowest BCUT2D eigenvalue weighted by molar-refractivity contribution is -0.141.